The van der Waals surface area contributed by atoms with Crippen molar-refractivity contribution in [2.24, 2.45) is 0 Å². The molecule has 0 bridgehead atoms. The first-order chi connectivity index (χ1) is 9.25. The van der Waals surface area contributed by atoms with Crippen molar-refractivity contribution in [2.45, 2.75) is 13.5 Å². The minimum absolute atomic E-state index is 0. The van der Waals surface area contributed by atoms with Gasteiger partial charge in [-0.1, -0.05) is 43.3 Å². The Labute approximate surface area is 165 Å². The molecule has 0 atom stereocenters. The molecular weight excluding hydrogens is 410 g/mol. The Balaban J connectivity index is 0.00000147. The molecule has 0 aromatic heterocycles. The maximum absolute atomic E-state index is 6.29. The summed E-state index contributed by atoms with van der Waals surface area (Å²) < 4.78 is 6.29. The number of fused-ring (bicyclic) bond motifs is 1. The van der Waals surface area contributed by atoms with Gasteiger partial charge in [-0.15, -0.1) is 40.6 Å². The Morgan fingerprint density at radius 3 is 2.18 bits per heavy atom. The van der Waals surface area contributed by atoms with Gasteiger partial charge in [-0.2, -0.15) is 0 Å². The third-order valence-electron chi connectivity index (χ3n) is 3.37. The van der Waals surface area contributed by atoms with Gasteiger partial charge in [0.2, 0.25) is 0 Å². The van der Waals surface area contributed by atoms with Crippen molar-refractivity contribution in [3.05, 3.63) is 66.2 Å². The summed E-state index contributed by atoms with van der Waals surface area (Å²) in [6, 6.07) is 21.1. The van der Waals surface area contributed by atoms with Crippen LogP contribution in [0.15, 0.2) is 60.7 Å². The molecule has 0 amide bonds. The zero-order valence-corrected chi connectivity index (χ0v) is 17.4. The van der Waals surface area contributed by atoms with Crippen LogP contribution in [0.1, 0.15) is 5.56 Å². The van der Waals surface area contributed by atoms with E-state index in [1.807, 2.05) is 6.07 Å². The summed E-state index contributed by atoms with van der Waals surface area (Å²) in [6.07, 6.45) is 0. The molecule has 22 heavy (non-hydrogen) atoms. The maximum Gasteiger partial charge on any atom is 3.00 e. The van der Waals surface area contributed by atoms with E-state index in [1.165, 1.54) is 21.5 Å². The third kappa shape index (κ3) is 4.52. The molecule has 0 saturated carbocycles. The Kier molecular flexibility index (Phi) is 9.41. The van der Waals surface area contributed by atoms with Gasteiger partial charge in [-0.25, -0.2) is 0 Å². The molecule has 3 rings (SSSR count). The molecule has 0 N–H and O–H groups in total. The predicted octanol–water partition coefficient (Wildman–Crippen LogP) is -2.22. The Hall–Kier alpha value is -0.470. The molecule has 0 aliphatic heterocycles. The minimum atomic E-state index is -1.00. The molecule has 0 aliphatic carbocycles. The third-order valence-corrected chi connectivity index (χ3v) is 5.03. The number of rotatable bonds is 3. The van der Waals surface area contributed by atoms with E-state index in [1.54, 1.807) is 0 Å². The van der Waals surface area contributed by atoms with Crippen molar-refractivity contribution in [2.75, 3.05) is 0 Å². The topological polar surface area (TPSA) is 9.23 Å². The number of hydrogen-bond donors (Lipinski definition) is 0. The van der Waals surface area contributed by atoms with Gasteiger partial charge in [0.25, 0.3) is 0 Å². The van der Waals surface area contributed by atoms with Crippen LogP contribution in [-0.2, 0) is 26.2 Å². The Morgan fingerprint density at radius 1 is 0.909 bits per heavy atom. The van der Waals surface area contributed by atoms with Crippen molar-refractivity contribution < 1.29 is 55.4 Å². The summed E-state index contributed by atoms with van der Waals surface area (Å²) >= 11 is 0. The Morgan fingerprint density at radius 2 is 1.50 bits per heavy atom. The quantitative estimate of drug-likeness (QED) is 0.341. The first-order valence-electron chi connectivity index (χ1n) is 6.47. The van der Waals surface area contributed by atoms with Gasteiger partial charge in [-0.3, -0.25) is 0 Å². The van der Waals surface area contributed by atoms with Crippen LogP contribution in [0.25, 0.3) is 10.8 Å². The van der Waals surface area contributed by atoms with Gasteiger partial charge in [0.1, 0.15) is 0 Å². The average Bonchev–Trinajstić information content (AvgIpc) is 2.76. The van der Waals surface area contributed by atoms with Crippen LogP contribution in [0.5, 0.6) is 5.75 Å². The molecule has 0 fully saturated rings. The van der Waals surface area contributed by atoms with E-state index in [0.29, 0.717) is 0 Å². The average molecular weight is 427 g/mol. The molecule has 3 aromatic carbocycles. The minimum Gasteiger partial charge on any atom is -1.00 e. The van der Waals surface area contributed by atoms with Crippen LogP contribution in [0.3, 0.4) is 0 Å². The summed E-state index contributed by atoms with van der Waals surface area (Å²) in [4.78, 5) is 0. The van der Waals surface area contributed by atoms with Gasteiger partial charge >= 0.3 is 35.2 Å². The van der Waals surface area contributed by atoms with E-state index >= 15 is 0 Å². The van der Waals surface area contributed by atoms with Crippen molar-refractivity contribution >= 4 is 25.0 Å². The maximum atomic E-state index is 6.29. The first kappa shape index (κ1) is 21.5. The molecule has 112 valence electrons. The van der Waals surface area contributed by atoms with E-state index in [4.69, 9.17) is 4.43 Å². The number of aryl methyl sites for hydroxylation is 1. The summed E-state index contributed by atoms with van der Waals surface area (Å²) in [6.45, 7) is 4.32. The van der Waals surface area contributed by atoms with Crippen molar-refractivity contribution in [3.63, 3.8) is 0 Å². The summed E-state index contributed by atoms with van der Waals surface area (Å²) in [7, 11) is -1.00. The second kappa shape index (κ2) is 9.62. The largest absolute Gasteiger partial charge is 3.00 e. The zero-order valence-electron chi connectivity index (χ0n) is 12.4. The molecule has 1 nitrogen and oxygen atoms in total. The van der Waals surface area contributed by atoms with E-state index in [2.05, 4.69) is 68.1 Å². The SMILES string of the molecule is Cc1[cH-]c2ccccc2c1O[Si](C)c1ccccc1.[Cl-].[Cl-].[Zr+3]. The zero-order chi connectivity index (χ0) is 13.2. The Bertz CT molecular complexity index is 700. The second-order valence-electron chi connectivity index (χ2n) is 4.77. The molecular formula is C17H16Cl2OSiZr. The van der Waals surface area contributed by atoms with Crippen LogP contribution in [0.4, 0.5) is 0 Å². The molecule has 5 heteroatoms. The van der Waals surface area contributed by atoms with Gasteiger partial charge < -0.3 is 29.2 Å². The van der Waals surface area contributed by atoms with Gasteiger partial charge in [0, 0.05) is 0 Å². The van der Waals surface area contributed by atoms with Crippen LogP contribution in [0, 0.1) is 6.92 Å². The van der Waals surface area contributed by atoms with E-state index < -0.39 is 9.04 Å². The molecule has 0 aliphatic rings. The molecule has 0 saturated heterocycles. The van der Waals surface area contributed by atoms with Crippen LogP contribution in [-0.4, -0.2) is 9.04 Å². The number of halogens is 2. The normalized spacial score (nSPS) is 9.59. The fourth-order valence-electron chi connectivity index (χ4n) is 2.36. The van der Waals surface area contributed by atoms with Gasteiger partial charge in [0.05, 0.1) is 0 Å². The molecule has 0 heterocycles. The molecule has 0 spiro atoms. The van der Waals surface area contributed by atoms with E-state index in [9.17, 15) is 0 Å². The number of hydrogen-bond acceptors (Lipinski definition) is 1. The fraction of sp³-hybridized carbons (Fsp3) is 0.118. The molecule has 3 aromatic rings. The number of benzene rings is 2. The summed E-state index contributed by atoms with van der Waals surface area (Å²) in [5, 5.41) is 3.79. The smallest absolute Gasteiger partial charge is 1.00 e. The monoisotopic (exact) mass is 424 g/mol. The van der Waals surface area contributed by atoms with Crippen molar-refractivity contribution in [3.8, 4) is 5.75 Å². The predicted molar refractivity (Wildman–Crippen MR) is 82.6 cm³/mol. The molecule has 0 unspecified atom stereocenters. The summed E-state index contributed by atoms with van der Waals surface area (Å²) in [5.74, 6) is 1.05. The second-order valence-corrected chi connectivity index (χ2v) is 6.66. The molecule has 2 radical (unpaired) electrons. The van der Waals surface area contributed by atoms with Crippen molar-refractivity contribution in [1.29, 1.82) is 0 Å². The van der Waals surface area contributed by atoms with Crippen LogP contribution < -0.4 is 34.4 Å². The van der Waals surface area contributed by atoms with Crippen molar-refractivity contribution in [1.82, 2.24) is 0 Å². The van der Waals surface area contributed by atoms with E-state index in [-0.39, 0.29) is 51.0 Å². The van der Waals surface area contributed by atoms with Crippen LogP contribution >= 0.6 is 0 Å². The summed E-state index contributed by atoms with van der Waals surface area (Å²) in [5.41, 5.74) is 1.22. The first-order valence-corrected chi connectivity index (χ1v) is 8.38. The fourth-order valence-corrected chi connectivity index (χ4v) is 3.72. The standard InChI is InChI=1S/C17H16OSi.2ClH.Zr/c1-13-12-14-8-6-7-11-16(14)17(13)18-19(2)15-9-4-3-5-10-15;;;/h3-12H,1-2H3;2*1H;/q-1;;;+3/p-2. The van der Waals surface area contributed by atoms with E-state index in [0.717, 1.165) is 5.75 Å². The van der Waals surface area contributed by atoms with Gasteiger partial charge in [0.15, 0.2) is 0 Å². The van der Waals surface area contributed by atoms with Gasteiger partial charge in [-0.05, 0) is 17.5 Å². The van der Waals surface area contributed by atoms with Crippen LogP contribution in [0.2, 0.25) is 6.55 Å².